The van der Waals surface area contributed by atoms with Crippen LogP contribution >= 0.6 is 11.6 Å². The molecule has 0 spiro atoms. The lowest BCUT2D eigenvalue weighted by atomic mass is 9.80. The van der Waals surface area contributed by atoms with Crippen LogP contribution in [-0.4, -0.2) is 37.2 Å². The van der Waals surface area contributed by atoms with Gasteiger partial charge in [-0.1, -0.05) is 11.6 Å². The smallest absolute Gasteiger partial charge is 0.261 e. The quantitative estimate of drug-likeness (QED) is 0.876. The Balaban J connectivity index is 2.11. The lowest BCUT2D eigenvalue weighted by Gasteiger charge is -2.40. The number of aromatic nitrogens is 2. The van der Waals surface area contributed by atoms with Gasteiger partial charge in [-0.3, -0.25) is 0 Å². The van der Waals surface area contributed by atoms with Crippen molar-refractivity contribution < 1.29 is 13.2 Å². The van der Waals surface area contributed by atoms with Gasteiger partial charge >= 0.3 is 0 Å². The van der Waals surface area contributed by atoms with Gasteiger partial charge in [-0.25, -0.2) is 18.1 Å². The Morgan fingerprint density at radius 1 is 1.61 bits per heavy atom. The van der Waals surface area contributed by atoms with Gasteiger partial charge in [0.15, 0.2) is 0 Å². The zero-order valence-electron chi connectivity index (χ0n) is 10.3. The number of ether oxygens (including phenoxy) is 1. The molecule has 0 aliphatic heterocycles. The summed E-state index contributed by atoms with van der Waals surface area (Å²) in [4.78, 5) is 3.80. The minimum absolute atomic E-state index is 0.0996. The first-order valence-electron chi connectivity index (χ1n) is 5.62. The Kier molecular flexibility index (Phi) is 3.68. The molecule has 0 aromatic carbocycles. The summed E-state index contributed by atoms with van der Waals surface area (Å²) in [7, 11) is -0.449. The molecule has 0 radical (unpaired) electrons. The van der Waals surface area contributed by atoms with Gasteiger partial charge in [0.05, 0.1) is 11.9 Å². The number of aryl methyl sites for hydroxylation is 1. The number of sulfonamides is 1. The minimum Gasteiger partial charge on any atom is -0.377 e. The third-order valence-corrected chi connectivity index (χ3v) is 5.26. The van der Waals surface area contributed by atoms with E-state index in [1.807, 2.05) is 0 Å². The van der Waals surface area contributed by atoms with Gasteiger partial charge in [0, 0.05) is 20.7 Å². The largest absolute Gasteiger partial charge is 0.377 e. The van der Waals surface area contributed by atoms with E-state index in [0.29, 0.717) is 0 Å². The van der Waals surface area contributed by atoms with Gasteiger partial charge < -0.3 is 9.30 Å². The normalized spacial score (nSPS) is 18.6. The van der Waals surface area contributed by atoms with Crippen LogP contribution in [0.3, 0.4) is 0 Å². The zero-order chi connectivity index (χ0) is 13.4. The standard InChI is InChI=1S/C10H16ClN3O3S/c1-14-7-12-9(8(14)11)18(15,16)13-6-10(17-2)4-3-5-10/h7,13H,3-6H2,1-2H3. The van der Waals surface area contributed by atoms with Crippen molar-refractivity contribution >= 4 is 21.6 Å². The highest BCUT2D eigenvalue weighted by Crippen LogP contribution is 2.34. The van der Waals surface area contributed by atoms with Crippen LogP contribution in [0.4, 0.5) is 0 Å². The predicted molar refractivity (Wildman–Crippen MR) is 67.0 cm³/mol. The maximum Gasteiger partial charge on any atom is 0.261 e. The molecule has 0 bridgehead atoms. The molecule has 0 unspecified atom stereocenters. The van der Waals surface area contributed by atoms with Crippen LogP contribution in [0.2, 0.25) is 5.15 Å². The summed E-state index contributed by atoms with van der Waals surface area (Å²) in [5.74, 6) is 0. The van der Waals surface area contributed by atoms with Crippen LogP contribution in [0.25, 0.3) is 0 Å². The molecule has 102 valence electrons. The lowest BCUT2D eigenvalue weighted by Crippen LogP contribution is -2.49. The lowest BCUT2D eigenvalue weighted by molar-refractivity contribution is -0.0659. The van der Waals surface area contributed by atoms with Crippen molar-refractivity contribution in [2.45, 2.75) is 29.9 Å². The number of halogens is 1. The number of rotatable bonds is 5. The van der Waals surface area contributed by atoms with Gasteiger partial charge in [-0.2, -0.15) is 0 Å². The molecule has 18 heavy (non-hydrogen) atoms. The van der Waals surface area contributed by atoms with E-state index in [1.54, 1.807) is 14.2 Å². The maximum absolute atomic E-state index is 12.0. The van der Waals surface area contributed by atoms with Crippen molar-refractivity contribution in [2.75, 3.05) is 13.7 Å². The van der Waals surface area contributed by atoms with Gasteiger partial charge in [0.25, 0.3) is 10.0 Å². The average molecular weight is 294 g/mol. The van der Waals surface area contributed by atoms with Gasteiger partial charge in [0.1, 0.15) is 5.15 Å². The highest BCUT2D eigenvalue weighted by Gasteiger charge is 2.38. The Morgan fingerprint density at radius 2 is 2.28 bits per heavy atom. The molecule has 0 amide bonds. The summed E-state index contributed by atoms with van der Waals surface area (Å²) in [5, 5.41) is -0.0418. The second kappa shape index (κ2) is 4.80. The molecule has 0 atom stereocenters. The van der Waals surface area contributed by atoms with Crippen LogP contribution in [-0.2, 0) is 21.8 Å². The van der Waals surface area contributed by atoms with Gasteiger partial charge in [0.2, 0.25) is 5.03 Å². The third kappa shape index (κ3) is 2.40. The Bertz CT molecular complexity index is 531. The van der Waals surface area contributed by atoms with E-state index in [2.05, 4.69) is 9.71 Å². The van der Waals surface area contributed by atoms with Crippen LogP contribution in [0.15, 0.2) is 11.4 Å². The Labute approximate surface area is 111 Å². The number of hydrogen-bond donors (Lipinski definition) is 1. The summed E-state index contributed by atoms with van der Waals surface area (Å²) >= 11 is 5.88. The molecule has 1 aromatic rings. The van der Waals surface area contributed by atoms with Gasteiger partial charge in [-0.15, -0.1) is 0 Å². The van der Waals surface area contributed by atoms with E-state index in [0.717, 1.165) is 19.3 Å². The van der Waals surface area contributed by atoms with Crippen LogP contribution in [0, 0.1) is 0 Å². The fraction of sp³-hybridized carbons (Fsp3) is 0.700. The number of imidazole rings is 1. The molecule has 1 aliphatic carbocycles. The van der Waals surface area contributed by atoms with Crippen molar-refractivity contribution in [2.24, 2.45) is 7.05 Å². The van der Waals surface area contributed by atoms with Crippen molar-refractivity contribution in [1.82, 2.24) is 14.3 Å². The predicted octanol–water partition coefficient (Wildman–Crippen LogP) is 0.921. The maximum atomic E-state index is 12.0. The van der Waals surface area contributed by atoms with Crippen molar-refractivity contribution in [1.29, 1.82) is 0 Å². The Morgan fingerprint density at radius 3 is 2.67 bits per heavy atom. The molecular weight excluding hydrogens is 278 g/mol. The molecular formula is C10H16ClN3O3S. The Hall–Kier alpha value is -0.630. The summed E-state index contributed by atoms with van der Waals surface area (Å²) in [6.07, 6.45) is 4.15. The SMILES string of the molecule is COC1(CNS(=O)(=O)c2ncn(C)c2Cl)CCC1. The average Bonchev–Trinajstić information content (AvgIpc) is 2.59. The van der Waals surface area contributed by atoms with E-state index in [4.69, 9.17) is 16.3 Å². The molecule has 1 fully saturated rings. The molecule has 0 saturated heterocycles. The summed E-state index contributed by atoms with van der Waals surface area (Å²) < 4.78 is 33.4. The number of nitrogens with zero attached hydrogens (tertiary/aromatic N) is 2. The first-order chi connectivity index (χ1) is 8.40. The second-order valence-corrected chi connectivity index (χ2v) is 6.56. The molecule has 1 aromatic heterocycles. The van der Waals surface area contributed by atoms with Crippen molar-refractivity contribution in [3.8, 4) is 0 Å². The topological polar surface area (TPSA) is 73.2 Å². The molecule has 6 nitrogen and oxygen atoms in total. The number of nitrogens with one attached hydrogen (secondary N) is 1. The molecule has 1 N–H and O–H groups in total. The molecule has 1 saturated carbocycles. The zero-order valence-corrected chi connectivity index (χ0v) is 11.9. The molecule has 2 rings (SSSR count). The fourth-order valence-corrected chi connectivity index (χ4v) is 3.43. The first-order valence-corrected chi connectivity index (χ1v) is 7.48. The van der Waals surface area contributed by atoms with E-state index >= 15 is 0 Å². The first kappa shape index (κ1) is 13.8. The van der Waals surface area contributed by atoms with Crippen molar-refractivity contribution in [3.63, 3.8) is 0 Å². The highest BCUT2D eigenvalue weighted by atomic mass is 35.5. The number of methoxy groups -OCH3 is 1. The molecule has 1 aliphatic rings. The summed E-state index contributed by atoms with van der Waals surface area (Å²) in [6, 6.07) is 0. The van der Waals surface area contributed by atoms with Crippen LogP contribution in [0.5, 0.6) is 0 Å². The summed E-state index contributed by atoms with van der Waals surface area (Å²) in [6.45, 7) is 0.249. The second-order valence-electron chi connectivity index (χ2n) is 4.52. The molecule has 8 heteroatoms. The van der Waals surface area contributed by atoms with E-state index in [-0.39, 0.29) is 22.3 Å². The van der Waals surface area contributed by atoms with E-state index < -0.39 is 10.0 Å². The highest BCUT2D eigenvalue weighted by molar-refractivity contribution is 7.89. The van der Waals surface area contributed by atoms with E-state index in [1.165, 1.54) is 10.9 Å². The van der Waals surface area contributed by atoms with Crippen LogP contribution < -0.4 is 4.72 Å². The monoisotopic (exact) mass is 293 g/mol. The minimum atomic E-state index is -3.68. The molecule has 1 heterocycles. The fourth-order valence-electron chi connectivity index (χ4n) is 1.89. The number of hydrogen-bond acceptors (Lipinski definition) is 4. The van der Waals surface area contributed by atoms with Crippen LogP contribution in [0.1, 0.15) is 19.3 Å². The third-order valence-electron chi connectivity index (χ3n) is 3.37. The van der Waals surface area contributed by atoms with Gasteiger partial charge in [-0.05, 0) is 19.3 Å². The van der Waals surface area contributed by atoms with Crippen molar-refractivity contribution in [3.05, 3.63) is 11.5 Å². The van der Waals surface area contributed by atoms with E-state index in [9.17, 15) is 8.42 Å². The summed E-state index contributed by atoms with van der Waals surface area (Å²) in [5.41, 5.74) is -0.367.